The van der Waals surface area contributed by atoms with Gasteiger partial charge in [-0.2, -0.15) is 0 Å². The maximum absolute atomic E-state index is 13.0. The number of anilines is 1. The lowest BCUT2D eigenvalue weighted by molar-refractivity contribution is -0.116. The molecular formula is C22H22N4O6. The van der Waals surface area contributed by atoms with Gasteiger partial charge in [-0.05, 0) is 18.2 Å². The molecule has 0 atom stereocenters. The molecule has 4 rings (SSSR count). The molecule has 0 unspecified atom stereocenters. The fraction of sp³-hybridized carbons (Fsp3) is 0.227. The highest BCUT2D eigenvalue weighted by molar-refractivity contribution is 6.05. The zero-order chi connectivity index (χ0) is 22.8. The Morgan fingerprint density at radius 2 is 1.62 bits per heavy atom. The van der Waals surface area contributed by atoms with Crippen molar-refractivity contribution in [2.75, 3.05) is 33.8 Å². The van der Waals surface area contributed by atoms with Gasteiger partial charge in [0.15, 0.2) is 23.0 Å². The summed E-state index contributed by atoms with van der Waals surface area (Å²) in [7, 11) is 6.11. The monoisotopic (exact) mass is 438 g/mol. The van der Waals surface area contributed by atoms with E-state index < -0.39 is 0 Å². The minimum Gasteiger partial charge on any atom is -0.493 e. The van der Waals surface area contributed by atoms with E-state index in [1.165, 1.54) is 39.3 Å². The highest BCUT2D eigenvalue weighted by Gasteiger charge is 2.16. The molecule has 2 aromatic carbocycles. The third-order valence-electron chi connectivity index (χ3n) is 5.06. The molecule has 2 heterocycles. The van der Waals surface area contributed by atoms with Gasteiger partial charge in [0.1, 0.15) is 17.6 Å². The largest absolute Gasteiger partial charge is 0.493 e. The summed E-state index contributed by atoms with van der Waals surface area (Å²) in [5.41, 5.74) is 1.60. The van der Waals surface area contributed by atoms with Gasteiger partial charge in [-0.25, -0.2) is 4.98 Å². The van der Waals surface area contributed by atoms with Crippen molar-refractivity contribution in [3.8, 4) is 23.0 Å². The minimum atomic E-state index is -0.389. The van der Waals surface area contributed by atoms with Crippen LogP contribution in [0.1, 0.15) is 0 Å². The van der Waals surface area contributed by atoms with Crippen LogP contribution >= 0.6 is 0 Å². The van der Waals surface area contributed by atoms with Crippen LogP contribution in [0.5, 0.6) is 23.0 Å². The smallest absolute Gasteiger partial charge is 0.278 e. The number of hydrogen-bond donors (Lipinski definition) is 2. The fourth-order valence-electron chi connectivity index (χ4n) is 3.50. The average molecular weight is 438 g/mol. The standard InChI is InChI=1S/C22H22N4O6/c1-29-15-6-5-12(7-16(15)30-2)24-19(27)10-26-11-23-20-13-8-17(31-3)18(32-4)9-14(13)25-21(20)22(26)28/h5-9,11,25H,10H2,1-4H3,(H,24,27). The number of fused-ring (bicyclic) bond motifs is 3. The van der Waals surface area contributed by atoms with E-state index in [2.05, 4.69) is 15.3 Å². The van der Waals surface area contributed by atoms with Crippen molar-refractivity contribution in [1.29, 1.82) is 0 Å². The zero-order valence-corrected chi connectivity index (χ0v) is 18.0. The minimum absolute atomic E-state index is 0.210. The number of benzene rings is 2. The van der Waals surface area contributed by atoms with Crippen LogP contribution in [-0.2, 0) is 11.3 Å². The molecule has 2 aromatic heterocycles. The summed E-state index contributed by atoms with van der Waals surface area (Å²) in [6.45, 7) is -0.210. The van der Waals surface area contributed by atoms with Gasteiger partial charge in [-0.15, -0.1) is 0 Å². The second-order valence-electron chi connectivity index (χ2n) is 6.90. The van der Waals surface area contributed by atoms with Crippen LogP contribution in [0.4, 0.5) is 5.69 Å². The quantitative estimate of drug-likeness (QED) is 0.455. The topological polar surface area (TPSA) is 117 Å². The molecule has 4 aromatic rings. The molecule has 0 saturated heterocycles. The summed E-state index contributed by atoms with van der Waals surface area (Å²) < 4.78 is 22.3. The van der Waals surface area contributed by atoms with Gasteiger partial charge in [0, 0.05) is 23.2 Å². The van der Waals surface area contributed by atoms with E-state index in [0.29, 0.717) is 39.7 Å². The lowest BCUT2D eigenvalue weighted by atomic mass is 10.2. The Hall–Kier alpha value is -4.21. The van der Waals surface area contributed by atoms with Crippen molar-refractivity contribution in [2.24, 2.45) is 0 Å². The molecule has 0 aliphatic rings. The zero-order valence-electron chi connectivity index (χ0n) is 18.0. The van der Waals surface area contributed by atoms with E-state index in [4.69, 9.17) is 18.9 Å². The fourth-order valence-corrected chi connectivity index (χ4v) is 3.50. The molecule has 0 aliphatic heterocycles. The molecule has 166 valence electrons. The van der Waals surface area contributed by atoms with Crippen molar-refractivity contribution < 1.29 is 23.7 Å². The Kier molecular flexibility index (Phi) is 5.59. The first-order valence-corrected chi connectivity index (χ1v) is 9.63. The number of carbonyl (C=O) groups is 1. The van der Waals surface area contributed by atoms with E-state index in [1.807, 2.05) is 0 Å². The molecule has 0 radical (unpaired) electrons. The third-order valence-corrected chi connectivity index (χ3v) is 5.06. The lowest BCUT2D eigenvalue weighted by Gasteiger charge is -2.11. The molecular weight excluding hydrogens is 416 g/mol. The third kappa shape index (κ3) is 3.66. The average Bonchev–Trinajstić information content (AvgIpc) is 3.17. The first kappa shape index (κ1) is 21.0. The summed E-state index contributed by atoms with van der Waals surface area (Å²) in [5, 5.41) is 3.46. The lowest BCUT2D eigenvalue weighted by Crippen LogP contribution is -2.28. The Labute approximate surface area is 182 Å². The summed E-state index contributed by atoms with van der Waals surface area (Å²) in [6, 6.07) is 8.50. The number of hydrogen-bond acceptors (Lipinski definition) is 7. The molecule has 32 heavy (non-hydrogen) atoms. The maximum Gasteiger partial charge on any atom is 0.278 e. The van der Waals surface area contributed by atoms with Gasteiger partial charge in [0.2, 0.25) is 5.91 Å². The Morgan fingerprint density at radius 3 is 2.31 bits per heavy atom. The Balaban J connectivity index is 1.63. The predicted octanol–water partition coefficient (Wildman–Crippen LogP) is 2.55. The second-order valence-corrected chi connectivity index (χ2v) is 6.90. The van der Waals surface area contributed by atoms with Crippen LogP contribution in [0.2, 0.25) is 0 Å². The number of nitrogens with zero attached hydrogens (tertiary/aromatic N) is 2. The maximum atomic E-state index is 13.0. The van der Waals surface area contributed by atoms with Gasteiger partial charge < -0.3 is 29.2 Å². The number of rotatable bonds is 7. The van der Waals surface area contributed by atoms with Gasteiger partial charge in [0.05, 0.1) is 40.3 Å². The van der Waals surface area contributed by atoms with Crippen LogP contribution in [-0.4, -0.2) is 48.9 Å². The van der Waals surface area contributed by atoms with Crippen molar-refractivity contribution in [3.63, 3.8) is 0 Å². The molecule has 0 aliphatic carbocycles. The number of aromatic nitrogens is 3. The Bertz CT molecular complexity index is 1370. The number of nitrogens with one attached hydrogen (secondary N) is 2. The SMILES string of the molecule is COc1ccc(NC(=O)Cn2cnc3c([nH]c4cc(OC)c(OC)cc43)c2=O)cc1OC. The van der Waals surface area contributed by atoms with Crippen molar-refractivity contribution >= 4 is 33.5 Å². The van der Waals surface area contributed by atoms with Crippen LogP contribution in [0, 0.1) is 0 Å². The molecule has 0 fully saturated rings. The molecule has 0 bridgehead atoms. The van der Waals surface area contributed by atoms with Crippen LogP contribution < -0.4 is 29.8 Å². The number of ether oxygens (including phenoxy) is 4. The van der Waals surface area contributed by atoms with E-state index in [1.54, 1.807) is 30.3 Å². The van der Waals surface area contributed by atoms with Gasteiger partial charge in [-0.3, -0.25) is 14.2 Å². The van der Waals surface area contributed by atoms with Crippen LogP contribution in [0.3, 0.4) is 0 Å². The number of amides is 1. The van der Waals surface area contributed by atoms with Crippen molar-refractivity contribution in [2.45, 2.75) is 6.54 Å². The van der Waals surface area contributed by atoms with Crippen LogP contribution in [0.15, 0.2) is 41.5 Å². The van der Waals surface area contributed by atoms with E-state index in [-0.39, 0.29) is 23.5 Å². The summed E-state index contributed by atoms with van der Waals surface area (Å²) in [4.78, 5) is 33.0. The van der Waals surface area contributed by atoms with Gasteiger partial charge >= 0.3 is 0 Å². The normalized spacial score (nSPS) is 10.9. The molecule has 2 N–H and O–H groups in total. The van der Waals surface area contributed by atoms with Crippen molar-refractivity contribution in [1.82, 2.24) is 14.5 Å². The molecule has 10 nitrogen and oxygen atoms in total. The summed E-state index contributed by atoms with van der Waals surface area (Å²) >= 11 is 0. The van der Waals surface area contributed by atoms with Crippen molar-refractivity contribution in [3.05, 3.63) is 47.0 Å². The van der Waals surface area contributed by atoms with Gasteiger partial charge in [-0.1, -0.05) is 0 Å². The van der Waals surface area contributed by atoms with E-state index >= 15 is 0 Å². The predicted molar refractivity (Wildman–Crippen MR) is 119 cm³/mol. The number of methoxy groups -OCH3 is 4. The molecule has 10 heteroatoms. The van der Waals surface area contributed by atoms with E-state index in [0.717, 1.165) is 5.39 Å². The summed E-state index contributed by atoms with van der Waals surface area (Å²) in [5.74, 6) is 1.69. The van der Waals surface area contributed by atoms with E-state index in [9.17, 15) is 9.59 Å². The van der Waals surface area contributed by atoms with Gasteiger partial charge in [0.25, 0.3) is 5.56 Å². The first-order chi connectivity index (χ1) is 15.5. The highest BCUT2D eigenvalue weighted by Crippen LogP contribution is 2.34. The molecule has 0 saturated carbocycles. The molecule has 0 spiro atoms. The Morgan fingerprint density at radius 1 is 0.969 bits per heavy atom. The number of carbonyl (C=O) groups excluding carboxylic acids is 1. The highest BCUT2D eigenvalue weighted by atomic mass is 16.5. The first-order valence-electron chi connectivity index (χ1n) is 9.63. The molecule has 1 amide bonds. The van der Waals surface area contributed by atoms with Crippen LogP contribution in [0.25, 0.3) is 21.9 Å². The summed E-state index contributed by atoms with van der Waals surface area (Å²) in [6.07, 6.45) is 1.35. The second kappa shape index (κ2) is 8.50. The number of aromatic amines is 1. The number of H-pyrrole nitrogens is 1.